The Kier molecular flexibility index (Phi) is 4.40. The molecule has 0 bridgehead atoms. The maximum atomic E-state index is 14.5. The number of likely N-dealkylation sites (N-methyl/N-ethyl adjacent to an activating group) is 1. The van der Waals surface area contributed by atoms with E-state index in [0.717, 1.165) is 11.6 Å². The van der Waals surface area contributed by atoms with E-state index in [1.165, 1.54) is 4.68 Å². The first-order valence-corrected chi connectivity index (χ1v) is 8.90. The summed E-state index contributed by atoms with van der Waals surface area (Å²) < 4.78 is 29.6. The number of pyridine rings is 1. The maximum absolute atomic E-state index is 14.5. The van der Waals surface area contributed by atoms with Gasteiger partial charge in [0.15, 0.2) is 17.5 Å². The van der Waals surface area contributed by atoms with Gasteiger partial charge in [-0.2, -0.15) is 0 Å². The van der Waals surface area contributed by atoms with E-state index in [1.54, 1.807) is 25.5 Å². The van der Waals surface area contributed by atoms with Gasteiger partial charge in [-0.1, -0.05) is 13.0 Å². The number of aliphatic imine (C=N–C) groups is 1. The summed E-state index contributed by atoms with van der Waals surface area (Å²) in [7, 11) is 1.95. The summed E-state index contributed by atoms with van der Waals surface area (Å²) in [6.07, 6.45) is 6.13. The van der Waals surface area contributed by atoms with Gasteiger partial charge in [-0.25, -0.2) is 18.4 Å². The second-order valence-electron chi connectivity index (χ2n) is 7.12. The van der Waals surface area contributed by atoms with Crippen molar-refractivity contribution in [2.24, 2.45) is 10.9 Å². The van der Waals surface area contributed by atoms with E-state index in [2.05, 4.69) is 32.4 Å². The Morgan fingerprint density at radius 1 is 1.21 bits per heavy atom. The van der Waals surface area contributed by atoms with Crippen LogP contribution >= 0.6 is 0 Å². The molecule has 2 aliphatic rings. The first-order valence-electron chi connectivity index (χ1n) is 8.90. The number of halogens is 2. The van der Waals surface area contributed by atoms with E-state index in [1.807, 2.05) is 18.0 Å². The van der Waals surface area contributed by atoms with Gasteiger partial charge in [0.1, 0.15) is 11.9 Å². The van der Waals surface area contributed by atoms with Crippen LogP contribution in [0.4, 0.5) is 14.6 Å². The van der Waals surface area contributed by atoms with Crippen molar-refractivity contribution in [1.82, 2.24) is 30.1 Å². The van der Waals surface area contributed by atoms with Crippen LogP contribution in [-0.4, -0.2) is 49.5 Å². The molecule has 0 amide bonds. The predicted molar refractivity (Wildman–Crippen MR) is 101 cm³/mol. The molecule has 146 valence electrons. The Morgan fingerprint density at radius 3 is 2.71 bits per heavy atom. The quantitative estimate of drug-likeness (QED) is 0.871. The van der Waals surface area contributed by atoms with E-state index in [9.17, 15) is 8.78 Å². The molecule has 4 rings (SSSR count). The minimum atomic E-state index is -0.993. The van der Waals surface area contributed by atoms with Gasteiger partial charge in [-0.15, -0.1) is 5.10 Å². The van der Waals surface area contributed by atoms with Crippen molar-refractivity contribution in [3.63, 3.8) is 0 Å². The molecule has 0 spiro atoms. The van der Waals surface area contributed by atoms with Crippen LogP contribution in [0.15, 0.2) is 41.1 Å². The molecule has 0 saturated heterocycles. The molecule has 0 saturated carbocycles. The number of hydrogen-bond donors (Lipinski definition) is 1. The zero-order valence-corrected chi connectivity index (χ0v) is 15.7. The number of hydrogen-bond acceptors (Lipinski definition) is 7. The van der Waals surface area contributed by atoms with Gasteiger partial charge >= 0.3 is 0 Å². The number of aromatic nitrogens is 5. The molecule has 4 atom stereocenters. The van der Waals surface area contributed by atoms with Crippen molar-refractivity contribution < 1.29 is 8.78 Å². The molecule has 3 heterocycles. The fraction of sp³-hybridized carbons (Fsp3) is 0.389. The van der Waals surface area contributed by atoms with Crippen molar-refractivity contribution in [3.05, 3.63) is 41.6 Å². The summed E-state index contributed by atoms with van der Waals surface area (Å²) in [6.45, 7) is 3.82. The molecule has 28 heavy (non-hydrogen) atoms. The Labute approximate surface area is 160 Å². The number of nitrogen functional groups attached to an aromatic ring is 1. The van der Waals surface area contributed by atoms with Crippen molar-refractivity contribution in [3.8, 4) is 11.4 Å². The lowest BCUT2D eigenvalue weighted by molar-refractivity contribution is 0.333. The van der Waals surface area contributed by atoms with Gasteiger partial charge in [-0.05, 0) is 35.1 Å². The molecular weight excluding hydrogens is 366 g/mol. The van der Waals surface area contributed by atoms with Gasteiger partial charge in [0, 0.05) is 19.2 Å². The van der Waals surface area contributed by atoms with Crippen molar-refractivity contribution in [2.75, 3.05) is 12.8 Å². The molecule has 0 aromatic carbocycles. The molecular formula is C18H20F2N8. The van der Waals surface area contributed by atoms with Crippen LogP contribution in [0.25, 0.3) is 11.4 Å². The topological polar surface area (TPSA) is 98.1 Å². The van der Waals surface area contributed by atoms with Gasteiger partial charge in [0.05, 0.1) is 24.0 Å². The number of allylic oxidation sites excluding steroid dienone is 4. The van der Waals surface area contributed by atoms with Gasteiger partial charge in [-0.3, -0.25) is 4.99 Å². The van der Waals surface area contributed by atoms with Gasteiger partial charge in [0.25, 0.3) is 0 Å². The third-order valence-electron chi connectivity index (χ3n) is 5.32. The molecule has 2 N–H and O–H groups in total. The van der Waals surface area contributed by atoms with Crippen LogP contribution in [0.3, 0.4) is 0 Å². The zero-order chi connectivity index (χ0) is 20.0. The monoisotopic (exact) mass is 386 g/mol. The van der Waals surface area contributed by atoms with Crippen molar-refractivity contribution in [2.45, 2.75) is 32.0 Å². The smallest absolute Gasteiger partial charge is 0.186 e. The standard InChI is InChI=1S/C18H20F2N8/c1-9-4-5-13(19)14(20)16(9)28-18(24-25-26-28)12-6-11(7-22-17(12)21)15-10(2)27(3)8-23-15/h4-10,15-16H,1-3H3,(H2,21,22). The Morgan fingerprint density at radius 2 is 2.00 bits per heavy atom. The van der Waals surface area contributed by atoms with Crippen LogP contribution in [0, 0.1) is 5.92 Å². The average molecular weight is 386 g/mol. The number of anilines is 1. The lowest BCUT2D eigenvalue weighted by atomic mass is 9.95. The molecule has 10 heteroatoms. The summed E-state index contributed by atoms with van der Waals surface area (Å²) in [4.78, 5) is 10.8. The molecule has 2 aromatic heterocycles. The van der Waals surface area contributed by atoms with E-state index < -0.39 is 17.7 Å². The molecule has 1 aliphatic heterocycles. The summed E-state index contributed by atoms with van der Waals surface area (Å²) in [5.41, 5.74) is 7.37. The number of nitrogens with zero attached hydrogens (tertiary/aromatic N) is 7. The van der Waals surface area contributed by atoms with Crippen LogP contribution in [-0.2, 0) is 0 Å². The minimum Gasteiger partial charge on any atom is -0.383 e. The summed E-state index contributed by atoms with van der Waals surface area (Å²) in [6, 6.07) is 0.843. The SMILES string of the molecule is CC1C=CC(F)=C(F)C1n1nnnc1-c1cc(C2N=CN(C)C2C)cnc1N. The van der Waals surface area contributed by atoms with Crippen LogP contribution in [0.1, 0.15) is 31.5 Å². The first-order chi connectivity index (χ1) is 13.4. The highest BCUT2D eigenvalue weighted by atomic mass is 19.2. The van der Waals surface area contributed by atoms with Crippen molar-refractivity contribution in [1.29, 1.82) is 0 Å². The third kappa shape index (κ3) is 2.85. The predicted octanol–water partition coefficient (Wildman–Crippen LogP) is 2.62. The lowest BCUT2D eigenvalue weighted by Gasteiger charge is -2.24. The molecule has 8 nitrogen and oxygen atoms in total. The number of tetrazole rings is 1. The second kappa shape index (κ2) is 6.77. The van der Waals surface area contributed by atoms with E-state index in [0.29, 0.717) is 5.56 Å². The largest absolute Gasteiger partial charge is 0.383 e. The molecule has 2 aromatic rings. The zero-order valence-electron chi connectivity index (χ0n) is 15.7. The van der Waals surface area contributed by atoms with Crippen LogP contribution < -0.4 is 5.73 Å². The Hall–Kier alpha value is -3.17. The minimum absolute atomic E-state index is 0.119. The van der Waals surface area contributed by atoms with Gasteiger partial charge < -0.3 is 10.6 Å². The number of nitrogens with two attached hydrogens (primary N) is 1. The molecule has 0 fully saturated rings. The van der Waals surface area contributed by atoms with Crippen LogP contribution in [0.5, 0.6) is 0 Å². The fourth-order valence-electron chi connectivity index (χ4n) is 3.51. The Balaban J connectivity index is 1.78. The highest BCUT2D eigenvalue weighted by molar-refractivity contribution is 5.69. The number of rotatable bonds is 3. The maximum Gasteiger partial charge on any atom is 0.186 e. The summed E-state index contributed by atoms with van der Waals surface area (Å²) in [5.74, 6) is -1.76. The van der Waals surface area contributed by atoms with Gasteiger partial charge in [0.2, 0.25) is 0 Å². The van der Waals surface area contributed by atoms with E-state index in [4.69, 9.17) is 5.73 Å². The van der Waals surface area contributed by atoms with Crippen LogP contribution in [0.2, 0.25) is 0 Å². The fourth-order valence-corrected chi connectivity index (χ4v) is 3.51. The summed E-state index contributed by atoms with van der Waals surface area (Å²) >= 11 is 0. The summed E-state index contributed by atoms with van der Waals surface area (Å²) in [5, 5.41) is 11.6. The first kappa shape index (κ1) is 18.2. The highest BCUT2D eigenvalue weighted by Gasteiger charge is 2.33. The Bertz CT molecular complexity index is 995. The third-order valence-corrected chi connectivity index (χ3v) is 5.32. The second-order valence-corrected chi connectivity index (χ2v) is 7.12. The molecule has 1 aliphatic carbocycles. The molecule has 4 unspecified atom stereocenters. The van der Waals surface area contributed by atoms with E-state index in [-0.39, 0.29) is 29.6 Å². The van der Waals surface area contributed by atoms with E-state index >= 15 is 0 Å². The average Bonchev–Trinajstić information content (AvgIpc) is 3.27. The van der Waals surface area contributed by atoms with Crippen molar-refractivity contribution >= 4 is 12.2 Å². The lowest BCUT2D eigenvalue weighted by Crippen LogP contribution is -2.26. The normalized spacial score (nSPS) is 27.1. The highest BCUT2D eigenvalue weighted by Crippen LogP contribution is 2.38. The molecule has 0 radical (unpaired) electrons.